The normalized spacial score (nSPS) is 48.0. The van der Waals surface area contributed by atoms with Crippen molar-refractivity contribution in [1.29, 1.82) is 0 Å². The standard InChI is InChI=1S/C13H24N2/c1-2-8(6-14)7-15-13-11-9-3-4-10(5-9)12(11)13/h8-13,15H,2-7,14H2,1H3. The zero-order chi connectivity index (χ0) is 10.4. The van der Waals surface area contributed by atoms with Gasteiger partial charge in [0.25, 0.3) is 0 Å². The maximum Gasteiger partial charge on any atom is 0.0136 e. The lowest BCUT2D eigenvalue weighted by Crippen LogP contribution is -2.31. The van der Waals surface area contributed by atoms with Gasteiger partial charge in [0, 0.05) is 6.04 Å². The van der Waals surface area contributed by atoms with Gasteiger partial charge in [-0.15, -0.1) is 0 Å². The van der Waals surface area contributed by atoms with E-state index in [-0.39, 0.29) is 0 Å². The van der Waals surface area contributed by atoms with E-state index in [1.165, 1.54) is 19.3 Å². The van der Waals surface area contributed by atoms with Crippen molar-refractivity contribution in [2.45, 2.75) is 38.6 Å². The van der Waals surface area contributed by atoms with E-state index in [9.17, 15) is 0 Å². The quantitative estimate of drug-likeness (QED) is 0.720. The highest BCUT2D eigenvalue weighted by Crippen LogP contribution is 2.65. The molecule has 3 aliphatic carbocycles. The van der Waals surface area contributed by atoms with Crippen LogP contribution in [0.4, 0.5) is 0 Å². The maximum absolute atomic E-state index is 5.73. The Labute approximate surface area is 93.0 Å². The minimum atomic E-state index is 0.698. The summed E-state index contributed by atoms with van der Waals surface area (Å²) in [7, 11) is 0. The van der Waals surface area contributed by atoms with E-state index in [1.54, 1.807) is 6.42 Å². The monoisotopic (exact) mass is 208 g/mol. The van der Waals surface area contributed by atoms with E-state index >= 15 is 0 Å². The second-order valence-electron chi connectivity index (χ2n) is 5.93. The largest absolute Gasteiger partial charge is 0.330 e. The van der Waals surface area contributed by atoms with Gasteiger partial charge >= 0.3 is 0 Å². The van der Waals surface area contributed by atoms with Crippen molar-refractivity contribution in [3.05, 3.63) is 0 Å². The molecule has 0 amide bonds. The van der Waals surface area contributed by atoms with Crippen LogP contribution in [-0.2, 0) is 0 Å². The lowest BCUT2D eigenvalue weighted by molar-refractivity contribution is 0.414. The lowest BCUT2D eigenvalue weighted by Gasteiger charge is -2.15. The fraction of sp³-hybridized carbons (Fsp3) is 1.00. The third kappa shape index (κ3) is 1.53. The predicted octanol–water partition coefficient (Wildman–Crippen LogP) is 1.61. The smallest absolute Gasteiger partial charge is 0.0136 e. The SMILES string of the molecule is CCC(CN)CNC1C2C3CCC(C3)C12. The summed E-state index contributed by atoms with van der Waals surface area (Å²) in [5, 5.41) is 3.78. The zero-order valence-corrected chi connectivity index (χ0v) is 9.78. The second kappa shape index (κ2) is 3.74. The number of nitrogens with one attached hydrogen (secondary N) is 1. The third-order valence-corrected chi connectivity index (χ3v) is 5.29. The molecule has 3 aliphatic rings. The minimum Gasteiger partial charge on any atom is -0.330 e. The Bertz CT molecular complexity index is 221. The van der Waals surface area contributed by atoms with Crippen LogP contribution >= 0.6 is 0 Å². The number of nitrogens with two attached hydrogens (primary N) is 1. The molecular formula is C13H24N2. The molecule has 5 unspecified atom stereocenters. The number of hydrogen-bond donors (Lipinski definition) is 2. The summed E-state index contributed by atoms with van der Waals surface area (Å²) in [4.78, 5) is 0. The van der Waals surface area contributed by atoms with Gasteiger partial charge in [-0.25, -0.2) is 0 Å². The van der Waals surface area contributed by atoms with Gasteiger partial charge in [-0.1, -0.05) is 13.3 Å². The molecule has 3 rings (SSSR count). The molecule has 0 heterocycles. The van der Waals surface area contributed by atoms with Crippen molar-refractivity contribution in [1.82, 2.24) is 5.32 Å². The molecule has 0 spiro atoms. The van der Waals surface area contributed by atoms with Crippen molar-refractivity contribution >= 4 is 0 Å². The second-order valence-corrected chi connectivity index (χ2v) is 5.93. The Balaban J connectivity index is 1.47. The van der Waals surface area contributed by atoms with E-state index in [4.69, 9.17) is 5.73 Å². The van der Waals surface area contributed by atoms with E-state index in [0.717, 1.165) is 42.8 Å². The summed E-state index contributed by atoms with van der Waals surface area (Å²) >= 11 is 0. The Morgan fingerprint density at radius 1 is 1.27 bits per heavy atom. The van der Waals surface area contributed by atoms with Crippen LogP contribution in [0.5, 0.6) is 0 Å². The van der Waals surface area contributed by atoms with Crippen LogP contribution in [0.15, 0.2) is 0 Å². The molecule has 2 nitrogen and oxygen atoms in total. The molecule has 15 heavy (non-hydrogen) atoms. The first kappa shape index (κ1) is 10.1. The van der Waals surface area contributed by atoms with Crippen LogP contribution < -0.4 is 11.1 Å². The first-order valence-corrected chi connectivity index (χ1v) is 6.78. The van der Waals surface area contributed by atoms with Crippen molar-refractivity contribution < 1.29 is 0 Å². The molecule has 3 N–H and O–H groups in total. The molecule has 0 aliphatic heterocycles. The third-order valence-electron chi connectivity index (χ3n) is 5.29. The Kier molecular flexibility index (Phi) is 2.52. The van der Waals surface area contributed by atoms with Gasteiger partial charge in [-0.3, -0.25) is 0 Å². The average Bonchev–Trinajstić information content (AvgIpc) is 2.68. The van der Waals surface area contributed by atoms with Crippen molar-refractivity contribution in [3.8, 4) is 0 Å². The highest BCUT2D eigenvalue weighted by molar-refractivity contribution is 5.16. The highest BCUT2D eigenvalue weighted by Gasteiger charge is 2.64. The van der Waals surface area contributed by atoms with Gasteiger partial charge in [-0.05, 0) is 61.9 Å². The zero-order valence-electron chi connectivity index (χ0n) is 9.78. The summed E-state index contributed by atoms with van der Waals surface area (Å²) < 4.78 is 0. The Hall–Kier alpha value is -0.0800. The highest BCUT2D eigenvalue weighted by atomic mass is 15.0. The molecule has 0 radical (unpaired) electrons. The molecule has 0 aromatic heterocycles. The van der Waals surface area contributed by atoms with E-state index in [1.807, 2.05) is 0 Å². The molecule has 5 atom stereocenters. The van der Waals surface area contributed by atoms with E-state index < -0.39 is 0 Å². The molecule has 0 aromatic rings. The van der Waals surface area contributed by atoms with Crippen LogP contribution in [0.2, 0.25) is 0 Å². The molecular weight excluding hydrogens is 184 g/mol. The fourth-order valence-electron chi connectivity index (χ4n) is 4.30. The lowest BCUT2D eigenvalue weighted by atomic mass is 10.0. The summed E-state index contributed by atoms with van der Waals surface area (Å²) in [5.74, 6) is 5.02. The van der Waals surface area contributed by atoms with Gasteiger partial charge in [0.15, 0.2) is 0 Å². The van der Waals surface area contributed by atoms with Crippen LogP contribution in [0, 0.1) is 29.6 Å². The molecule has 3 fully saturated rings. The topological polar surface area (TPSA) is 38.0 Å². The van der Waals surface area contributed by atoms with Crippen LogP contribution in [0.3, 0.4) is 0 Å². The van der Waals surface area contributed by atoms with Gasteiger partial charge in [0.05, 0.1) is 0 Å². The summed E-state index contributed by atoms with van der Waals surface area (Å²) in [6, 6.07) is 0.886. The van der Waals surface area contributed by atoms with E-state index in [2.05, 4.69) is 12.2 Å². The Morgan fingerprint density at radius 2 is 1.93 bits per heavy atom. The molecule has 0 saturated heterocycles. The summed E-state index contributed by atoms with van der Waals surface area (Å²) in [5.41, 5.74) is 5.73. The van der Waals surface area contributed by atoms with Gasteiger partial charge in [0.2, 0.25) is 0 Å². The van der Waals surface area contributed by atoms with Crippen molar-refractivity contribution in [2.75, 3.05) is 13.1 Å². The van der Waals surface area contributed by atoms with Crippen molar-refractivity contribution in [3.63, 3.8) is 0 Å². The molecule has 3 saturated carbocycles. The number of hydrogen-bond acceptors (Lipinski definition) is 2. The average molecular weight is 208 g/mol. The number of rotatable bonds is 5. The van der Waals surface area contributed by atoms with Gasteiger partial charge < -0.3 is 11.1 Å². The first-order valence-electron chi connectivity index (χ1n) is 6.78. The van der Waals surface area contributed by atoms with Crippen LogP contribution in [0.1, 0.15) is 32.6 Å². The molecule has 86 valence electrons. The van der Waals surface area contributed by atoms with E-state index in [0.29, 0.717) is 5.92 Å². The predicted molar refractivity (Wildman–Crippen MR) is 62.4 cm³/mol. The molecule has 2 heteroatoms. The van der Waals surface area contributed by atoms with Crippen LogP contribution in [-0.4, -0.2) is 19.1 Å². The summed E-state index contributed by atoms with van der Waals surface area (Å²) in [6.45, 7) is 4.25. The fourth-order valence-corrected chi connectivity index (χ4v) is 4.30. The number of fused-ring (bicyclic) bond motifs is 5. The van der Waals surface area contributed by atoms with Gasteiger partial charge in [0.1, 0.15) is 0 Å². The first-order chi connectivity index (χ1) is 7.35. The minimum absolute atomic E-state index is 0.698. The molecule has 2 bridgehead atoms. The van der Waals surface area contributed by atoms with Crippen LogP contribution in [0.25, 0.3) is 0 Å². The summed E-state index contributed by atoms with van der Waals surface area (Å²) in [6.07, 6.45) is 5.83. The van der Waals surface area contributed by atoms with Crippen molar-refractivity contribution in [2.24, 2.45) is 35.3 Å². The molecule has 0 aromatic carbocycles. The maximum atomic E-state index is 5.73. The van der Waals surface area contributed by atoms with Gasteiger partial charge in [-0.2, -0.15) is 0 Å². The Morgan fingerprint density at radius 3 is 2.47 bits per heavy atom.